The number of thiol groups is 1. The van der Waals surface area contributed by atoms with Crippen molar-refractivity contribution in [3.63, 3.8) is 0 Å². The van der Waals surface area contributed by atoms with Crippen LogP contribution in [0.3, 0.4) is 0 Å². The Kier molecular flexibility index (Phi) is 8.64. The lowest BCUT2D eigenvalue weighted by Crippen LogP contribution is -2.44. The van der Waals surface area contributed by atoms with Crippen molar-refractivity contribution in [3.8, 4) is 11.5 Å². The molecule has 0 radical (unpaired) electrons. The van der Waals surface area contributed by atoms with Gasteiger partial charge in [0.15, 0.2) is 0 Å². The summed E-state index contributed by atoms with van der Waals surface area (Å²) in [5.74, 6) is 4.87. The molecule has 8 heteroatoms. The summed E-state index contributed by atoms with van der Waals surface area (Å²) >= 11 is 4.72. The molecule has 2 bridgehead atoms. The van der Waals surface area contributed by atoms with Crippen LogP contribution in [0.5, 0.6) is 11.5 Å². The summed E-state index contributed by atoms with van der Waals surface area (Å²) in [7, 11) is 0. The van der Waals surface area contributed by atoms with E-state index in [4.69, 9.17) is 28.0 Å². The third kappa shape index (κ3) is 6.25. The highest BCUT2D eigenvalue weighted by Crippen LogP contribution is 2.53. The number of benzene rings is 3. The lowest BCUT2D eigenvalue weighted by atomic mass is 9.72. The van der Waals surface area contributed by atoms with Crippen molar-refractivity contribution in [2.75, 3.05) is 0 Å². The van der Waals surface area contributed by atoms with Gasteiger partial charge in [-0.3, -0.25) is 9.63 Å². The number of aliphatic carboxylic acids is 1. The van der Waals surface area contributed by atoms with E-state index in [1.807, 2.05) is 42.5 Å². The molecule has 4 atom stereocenters. The fourth-order valence-electron chi connectivity index (χ4n) is 4.84. The number of carboxylic acid groups (broad SMARTS) is 1. The number of ether oxygens (including phenoxy) is 2. The van der Waals surface area contributed by atoms with Gasteiger partial charge < -0.3 is 14.6 Å². The van der Waals surface area contributed by atoms with Gasteiger partial charge in [-0.15, -0.1) is 0 Å². The number of nitrogens with two attached hydrogens (primary N) is 1. The van der Waals surface area contributed by atoms with Crippen molar-refractivity contribution < 1.29 is 28.6 Å². The molecule has 3 N–H and O–H groups in total. The molecule has 0 spiro atoms. The Hall–Kier alpha value is -2.91. The van der Waals surface area contributed by atoms with Crippen molar-refractivity contribution in [1.82, 2.24) is 0 Å². The van der Waals surface area contributed by atoms with Gasteiger partial charge in [0.1, 0.15) is 17.3 Å². The van der Waals surface area contributed by atoms with E-state index in [2.05, 4.69) is 4.84 Å². The summed E-state index contributed by atoms with van der Waals surface area (Å²) in [6.07, 6.45) is 2.84. The maximum atomic E-state index is 13.0. The van der Waals surface area contributed by atoms with Gasteiger partial charge in [0, 0.05) is 5.25 Å². The molecule has 3 aromatic carbocycles. The van der Waals surface area contributed by atoms with Crippen LogP contribution < -0.4 is 10.6 Å². The molecule has 1 unspecified atom stereocenters. The number of rotatable bonds is 7. The standard InChI is InChI=1S/C21H21FO4S.C7H9NO/c22-14-3-7-16(8-4-14)25-15-5-1-13(2-6-15)19(27)21(20(23)24)11-17-9-10-18(12-21)26-17;8-9-6-7-4-2-1-3-5-7/h1-8,17-19,27H,9-12H2,(H,23,24);1-5H,6,8H2/t17-,18+,19?,21+;. The number of fused-ring (bicyclic) bond motifs is 2. The van der Waals surface area contributed by atoms with E-state index in [9.17, 15) is 14.3 Å². The maximum absolute atomic E-state index is 13.0. The van der Waals surface area contributed by atoms with Gasteiger partial charge in [0.05, 0.1) is 24.2 Å². The fraction of sp³-hybridized carbons (Fsp3) is 0.321. The molecule has 2 saturated heterocycles. The molecule has 2 heterocycles. The average molecular weight is 512 g/mol. The van der Waals surface area contributed by atoms with Gasteiger partial charge in [-0.05, 0) is 73.2 Å². The summed E-state index contributed by atoms with van der Waals surface area (Å²) in [4.78, 5) is 16.6. The molecule has 0 aliphatic carbocycles. The Labute approximate surface area is 215 Å². The van der Waals surface area contributed by atoms with Crippen LogP contribution >= 0.6 is 12.6 Å². The van der Waals surface area contributed by atoms with E-state index in [0.717, 1.165) is 24.0 Å². The highest BCUT2D eigenvalue weighted by molar-refractivity contribution is 7.80. The summed E-state index contributed by atoms with van der Waals surface area (Å²) in [6.45, 7) is 0.487. The van der Waals surface area contributed by atoms with Crippen molar-refractivity contribution in [2.24, 2.45) is 11.3 Å². The predicted octanol–water partition coefficient (Wildman–Crippen LogP) is 6.08. The zero-order valence-corrected chi connectivity index (χ0v) is 20.7. The first-order valence-corrected chi connectivity index (χ1v) is 12.4. The van der Waals surface area contributed by atoms with Crippen LogP contribution in [-0.4, -0.2) is 23.3 Å². The highest BCUT2D eigenvalue weighted by Gasteiger charge is 2.53. The summed E-state index contributed by atoms with van der Waals surface area (Å²) in [6, 6.07) is 22.8. The second kappa shape index (κ2) is 11.9. The van der Waals surface area contributed by atoms with Crippen molar-refractivity contribution in [3.05, 3.63) is 95.8 Å². The Bertz CT molecular complexity index is 1110. The number of hydrogen-bond donors (Lipinski definition) is 3. The molecular formula is C28H30FNO5S. The molecule has 0 saturated carbocycles. The van der Waals surface area contributed by atoms with Gasteiger partial charge >= 0.3 is 5.97 Å². The molecule has 2 fully saturated rings. The van der Waals surface area contributed by atoms with Gasteiger partial charge in [0.2, 0.25) is 0 Å². The smallest absolute Gasteiger partial charge is 0.311 e. The number of carboxylic acids is 1. The Balaban J connectivity index is 0.000000286. The molecule has 6 nitrogen and oxygen atoms in total. The average Bonchev–Trinajstić information content (AvgIpc) is 3.24. The van der Waals surface area contributed by atoms with E-state index in [-0.39, 0.29) is 18.0 Å². The number of carbonyl (C=O) groups is 1. The Morgan fingerprint density at radius 2 is 1.56 bits per heavy atom. The van der Waals surface area contributed by atoms with Crippen LogP contribution in [0, 0.1) is 11.2 Å². The van der Waals surface area contributed by atoms with Gasteiger partial charge in [-0.25, -0.2) is 10.3 Å². The fourth-order valence-corrected chi connectivity index (χ4v) is 5.33. The third-order valence-electron chi connectivity index (χ3n) is 6.67. The Morgan fingerprint density at radius 1 is 1.00 bits per heavy atom. The van der Waals surface area contributed by atoms with Gasteiger partial charge in [-0.1, -0.05) is 42.5 Å². The second-order valence-corrected chi connectivity index (χ2v) is 9.67. The zero-order valence-electron chi connectivity index (χ0n) is 19.8. The Morgan fingerprint density at radius 3 is 2.08 bits per heavy atom. The van der Waals surface area contributed by atoms with E-state index in [0.29, 0.717) is 30.9 Å². The summed E-state index contributed by atoms with van der Waals surface area (Å²) < 4.78 is 24.5. The van der Waals surface area contributed by atoms with E-state index >= 15 is 0 Å². The number of hydrogen-bond acceptors (Lipinski definition) is 6. The summed E-state index contributed by atoms with van der Waals surface area (Å²) in [5, 5.41) is 9.57. The minimum atomic E-state index is -0.924. The topological polar surface area (TPSA) is 91.0 Å². The minimum absolute atomic E-state index is 0.00980. The van der Waals surface area contributed by atoms with Crippen molar-refractivity contribution in [1.29, 1.82) is 0 Å². The van der Waals surface area contributed by atoms with Crippen LogP contribution in [-0.2, 0) is 21.0 Å². The molecule has 3 aromatic rings. The highest BCUT2D eigenvalue weighted by atomic mass is 32.1. The van der Waals surface area contributed by atoms with Gasteiger partial charge in [0.25, 0.3) is 0 Å². The van der Waals surface area contributed by atoms with Crippen LogP contribution in [0.2, 0.25) is 0 Å². The van der Waals surface area contributed by atoms with Gasteiger partial charge in [-0.2, -0.15) is 12.6 Å². The lowest BCUT2D eigenvalue weighted by Gasteiger charge is -2.41. The third-order valence-corrected chi connectivity index (χ3v) is 7.46. The molecular weight excluding hydrogens is 481 g/mol. The summed E-state index contributed by atoms with van der Waals surface area (Å²) in [5.41, 5.74) is 1.01. The molecule has 0 amide bonds. The van der Waals surface area contributed by atoms with Crippen molar-refractivity contribution in [2.45, 2.75) is 49.7 Å². The number of halogens is 1. The van der Waals surface area contributed by atoms with Crippen LogP contribution in [0.1, 0.15) is 42.1 Å². The molecule has 0 aromatic heterocycles. The molecule has 2 aliphatic rings. The van der Waals surface area contributed by atoms with E-state index < -0.39 is 16.6 Å². The van der Waals surface area contributed by atoms with Crippen molar-refractivity contribution >= 4 is 18.6 Å². The first-order valence-electron chi connectivity index (χ1n) is 11.9. The van der Waals surface area contributed by atoms with Crippen LogP contribution in [0.15, 0.2) is 78.9 Å². The predicted molar refractivity (Wildman–Crippen MR) is 137 cm³/mol. The second-order valence-electron chi connectivity index (χ2n) is 9.15. The lowest BCUT2D eigenvalue weighted by molar-refractivity contribution is -0.160. The van der Waals surface area contributed by atoms with E-state index in [1.165, 1.54) is 12.1 Å². The quantitative estimate of drug-likeness (QED) is 0.263. The first-order chi connectivity index (χ1) is 17.4. The first kappa shape index (κ1) is 26.2. The van der Waals surface area contributed by atoms with Crippen LogP contribution in [0.4, 0.5) is 4.39 Å². The zero-order chi connectivity index (χ0) is 25.5. The molecule has 2 aliphatic heterocycles. The largest absolute Gasteiger partial charge is 0.481 e. The minimum Gasteiger partial charge on any atom is -0.481 e. The molecule has 5 rings (SSSR count). The maximum Gasteiger partial charge on any atom is 0.311 e. The normalized spacial score (nSPS) is 23.3. The molecule has 36 heavy (non-hydrogen) atoms. The molecule has 190 valence electrons. The van der Waals surface area contributed by atoms with Crippen LogP contribution in [0.25, 0.3) is 0 Å². The van der Waals surface area contributed by atoms with E-state index in [1.54, 1.807) is 24.3 Å². The monoisotopic (exact) mass is 511 g/mol. The SMILES string of the molecule is NOCc1ccccc1.O=C(O)[C@@]1(C(S)c2ccc(Oc3ccc(F)cc3)cc2)C[C@H]2CC[C@@H](C1)O2.